The summed E-state index contributed by atoms with van der Waals surface area (Å²) in [5.41, 5.74) is -0.254. The molecule has 0 saturated heterocycles. The number of carbonyl (C=O) groups excluding carboxylic acids is 1. The van der Waals surface area contributed by atoms with E-state index in [-0.39, 0.29) is 16.3 Å². The number of nitrogens with zero attached hydrogens (tertiary/aromatic N) is 2. The largest absolute Gasteiger partial charge is 0.465 e. The maximum atomic E-state index is 11.4. The molecule has 1 aromatic heterocycles. The van der Waals surface area contributed by atoms with Crippen molar-refractivity contribution in [1.82, 2.24) is 4.98 Å². The van der Waals surface area contributed by atoms with Crippen LogP contribution < -0.4 is 0 Å². The summed E-state index contributed by atoms with van der Waals surface area (Å²) in [7, 11) is 1.20. The summed E-state index contributed by atoms with van der Waals surface area (Å²) >= 11 is 7.08. The normalized spacial score (nSPS) is 10.2. The second-order valence-electron chi connectivity index (χ2n) is 3.83. The lowest BCUT2D eigenvalue weighted by molar-refractivity contribution is -0.388. The van der Waals surface area contributed by atoms with E-state index >= 15 is 0 Å². The first-order chi connectivity index (χ1) is 10.0. The van der Waals surface area contributed by atoms with E-state index < -0.39 is 10.9 Å². The number of benzene rings is 1. The topological polar surface area (TPSA) is 82.3 Å². The van der Waals surface area contributed by atoms with Crippen molar-refractivity contribution in [2.24, 2.45) is 0 Å². The lowest BCUT2D eigenvalue weighted by Gasteiger charge is -2.05. The molecule has 0 N–H and O–H groups in total. The molecule has 0 fully saturated rings. The minimum atomic E-state index is -0.681. The van der Waals surface area contributed by atoms with E-state index in [0.717, 1.165) is 17.8 Å². The van der Waals surface area contributed by atoms with Gasteiger partial charge in [0.25, 0.3) is 0 Å². The molecular weight excluding hydrogens is 316 g/mol. The molecule has 21 heavy (non-hydrogen) atoms. The van der Waals surface area contributed by atoms with Crippen molar-refractivity contribution >= 4 is 35.0 Å². The zero-order chi connectivity index (χ0) is 15.4. The molecule has 2 rings (SSSR count). The highest BCUT2D eigenvalue weighted by Gasteiger charge is 2.21. The lowest BCUT2D eigenvalue weighted by Crippen LogP contribution is -2.04. The van der Waals surface area contributed by atoms with E-state index in [9.17, 15) is 14.9 Å². The fourth-order valence-corrected chi connectivity index (χ4v) is 2.63. The van der Waals surface area contributed by atoms with Gasteiger partial charge in [0.2, 0.25) is 0 Å². The van der Waals surface area contributed by atoms with E-state index in [4.69, 9.17) is 11.6 Å². The van der Waals surface area contributed by atoms with E-state index in [1.807, 2.05) is 0 Å². The van der Waals surface area contributed by atoms with Crippen LogP contribution in [-0.4, -0.2) is 23.0 Å². The SMILES string of the molecule is COC(=O)c1cnc(Sc2ccccc2Cl)c([N+](=O)[O-])c1. The third-order valence-electron chi connectivity index (χ3n) is 2.49. The highest BCUT2D eigenvalue weighted by Crippen LogP contribution is 2.36. The fourth-order valence-electron chi connectivity index (χ4n) is 1.51. The molecule has 2 aromatic rings. The van der Waals surface area contributed by atoms with E-state index in [2.05, 4.69) is 9.72 Å². The fraction of sp³-hybridized carbons (Fsp3) is 0.0769. The Hall–Kier alpha value is -2.12. The number of methoxy groups -OCH3 is 1. The van der Waals surface area contributed by atoms with Gasteiger partial charge in [0.15, 0.2) is 5.03 Å². The van der Waals surface area contributed by atoms with Crippen LogP contribution in [-0.2, 0) is 4.74 Å². The Bertz CT molecular complexity index is 708. The molecule has 8 heteroatoms. The lowest BCUT2D eigenvalue weighted by atomic mass is 10.3. The first kappa shape index (κ1) is 15.3. The van der Waals surface area contributed by atoms with Crippen LogP contribution in [0.5, 0.6) is 0 Å². The standard InChI is InChI=1S/C13H9ClN2O4S/c1-20-13(17)8-6-10(16(18)19)12(15-7-8)21-11-5-3-2-4-9(11)14/h2-7H,1H3. The number of hydrogen-bond donors (Lipinski definition) is 0. The molecule has 0 amide bonds. The summed E-state index contributed by atoms with van der Waals surface area (Å²) in [4.78, 5) is 26.5. The number of carbonyl (C=O) groups is 1. The molecular formula is C13H9ClN2O4S. The minimum Gasteiger partial charge on any atom is -0.465 e. The number of hydrogen-bond acceptors (Lipinski definition) is 6. The third kappa shape index (κ3) is 3.50. The van der Waals surface area contributed by atoms with Crippen LogP contribution in [0.1, 0.15) is 10.4 Å². The molecule has 6 nitrogen and oxygen atoms in total. The first-order valence-corrected chi connectivity index (χ1v) is 6.87. The number of pyridine rings is 1. The van der Waals surface area contributed by atoms with E-state index in [0.29, 0.717) is 9.92 Å². The average Bonchev–Trinajstić information content (AvgIpc) is 2.49. The van der Waals surface area contributed by atoms with Gasteiger partial charge in [-0.3, -0.25) is 10.1 Å². The van der Waals surface area contributed by atoms with Gasteiger partial charge in [-0.2, -0.15) is 0 Å². The van der Waals surface area contributed by atoms with Crippen LogP contribution in [0.25, 0.3) is 0 Å². The Morgan fingerprint density at radius 3 is 2.76 bits per heavy atom. The van der Waals surface area contributed by atoms with E-state index in [1.54, 1.807) is 24.3 Å². The van der Waals surface area contributed by atoms with Crippen molar-refractivity contribution in [3.63, 3.8) is 0 Å². The molecule has 0 spiro atoms. The van der Waals surface area contributed by atoms with Crippen LogP contribution in [0.15, 0.2) is 46.5 Å². The molecule has 0 radical (unpaired) electrons. The second-order valence-corrected chi connectivity index (χ2v) is 5.27. The average molecular weight is 325 g/mol. The van der Waals surface area contributed by atoms with Crippen molar-refractivity contribution in [2.75, 3.05) is 7.11 Å². The van der Waals surface area contributed by atoms with Crippen LogP contribution in [0.4, 0.5) is 5.69 Å². The van der Waals surface area contributed by atoms with Crippen molar-refractivity contribution < 1.29 is 14.5 Å². The van der Waals surface area contributed by atoms with Gasteiger partial charge in [-0.15, -0.1) is 0 Å². The van der Waals surface area contributed by atoms with Gasteiger partial charge in [-0.05, 0) is 12.1 Å². The minimum absolute atomic E-state index is 0.0210. The van der Waals surface area contributed by atoms with Crippen molar-refractivity contribution in [3.8, 4) is 0 Å². The summed E-state index contributed by atoms with van der Waals surface area (Å²) in [6.07, 6.45) is 1.23. The van der Waals surface area contributed by atoms with Crippen LogP contribution >= 0.6 is 23.4 Å². The smallest absolute Gasteiger partial charge is 0.339 e. The third-order valence-corrected chi connectivity index (χ3v) is 4.02. The van der Waals surface area contributed by atoms with Gasteiger partial charge in [0.05, 0.1) is 22.6 Å². The molecule has 108 valence electrons. The number of aromatic nitrogens is 1. The molecule has 0 bridgehead atoms. The Kier molecular flexibility index (Phi) is 4.77. The zero-order valence-electron chi connectivity index (χ0n) is 10.8. The summed E-state index contributed by atoms with van der Waals surface area (Å²) in [5, 5.41) is 11.7. The monoisotopic (exact) mass is 324 g/mol. The van der Waals surface area contributed by atoms with Crippen molar-refractivity contribution in [1.29, 1.82) is 0 Å². The van der Waals surface area contributed by atoms with Crippen LogP contribution in [0.3, 0.4) is 0 Å². The summed E-state index contributed by atoms with van der Waals surface area (Å²) in [6.45, 7) is 0. The maximum Gasteiger partial charge on any atom is 0.339 e. The summed E-state index contributed by atoms with van der Waals surface area (Å²) in [6, 6.07) is 8.07. The number of esters is 1. The van der Waals surface area contributed by atoms with Crippen molar-refractivity contribution in [2.45, 2.75) is 9.92 Å². The number of halogens is 1. The highest BCUT2D eigenvalue weighted by atomic mass is 35.5. The highest BCUT2D eigenvalue weighted by molar-refractivity contribution is 7.99. The molecule has 0 atom stereocenters. The molecule has 0 aliphatic heterocycles. The maximum absolute atomic E-state index is 11.4. The van der Waals surface area contributed by atoms with Crippen LogP contribution in [0.2, 0.25) is 5.02 Å². The van der Waals surface area contributed by atoms with Gasteiger partial charge in [0, 0.05) is 17.2 Å². The number of nitro groups is 1. The number of ether oxygens (including phenoxy) is 1. The quantitative estimate of drug-likeness (QED) is 0.485. The van der Waals surface area contributed by atoms with E-state index in [1.165, 1.54) is 13.3 Å². The van der Waals surface area contributed by atoms with Gasteiger partial charge in [-0.1, -0.05) is 35.5 Å². The Labute approximate surface area is 129 Å². The van der Waals surface area contributed by atoms with Crippen LogP contribution in [0, 0.1) is 10.1 Å². The number of rotatable bonds is 4. The molecule has 0 aliphatic carbocycles. The molecule has 0 saturated carbocycles. The molecule has 0 unspecified atom stereocenters. The zero-order valence-corrected chi connectivity index (χ0v) is 12.4. The molecule has 1 heterocycles. The predicted octanol–water partition coefficient (Wildman–Crippen LogP) is 3.58. The van der Waals surface area contributed by atoms with Gasteiger partial charge in [0.1, 0.15) is 0 Å². The summed E-state index contributed by atoms with van der Waals surface area (Å²) < 4.78 is 4.52. The molecule has 0 aliphatic rings. The predicted molar refractivity (Wildman–Crippen MR) is 77.8 cm³/mol. The van der Waals surface area contributed by atoms with Gasteiger partial charge < -0.3 is 4.74 Å². The second kappa shape index (κ2) is 6.55. The van der Waals surface area contributed by atoms with Gasteiger partial charge in [-0.25, -0.2) is 9.78 Å². The first-order valence-electron chi connectivity index (χ1n) is 5.68. The van der Waals surface area contributed by atoms with Gasteiger partial charge >= 0.3 is 11.7 Å². The Balaban J connectivity index is 2.42. The van der Waals surface area contributed by atoms with Crippen molar-refractivity contribution in [3.05, 3.63) is 57.2 Å². The molecule has 1 aromatic carbocycles. The Morgan fingerprint density at radius 2 is 2.14 bits per heavy atom. The Morgan fingerprint density at radius 1 is 1.43 bits per heavy atom. The summed E-state index contributed by atoms with van der Waals surface area (Å²) in [5.74, 6) is -0.681.